The summed E-state index contributed by atoms with van der Waals surface area (Å²) in [5, 5.41) is 24.8. The minimum atomic E-state index is -0.910. The fourth-order valence-corrected chi connectivity index (χ4v) is 7.33. The Balaban J connectivity index is 0.00000267. The van der Waals surface area contributed by atoms with E-state index < -0.39 is 41.7 Å². The summed E-state index contributed by atoms with van der Waals surface area (Å²) < 4.78 is 5.37. The Labute approximate surface area is 348 Å². The molecule has 4 rings (SSSR count). The maximum absolute atomic E-state index is 14.3. The van der Waals surface area contributed by atoms with Crippen LogP contribution < -0.4 is 31.9 Å². The molecule has 6 amide bonds. The monoisotopic (exact) mass is 814 g/mol. The molecule has 0 spiro atoms. The fraction of sp³-hybridized carbons (Fsp3) is 0.659. The maximum atomic E-state index is 14.3. The van der Waals surface area contributed by atoms with Gasteiger partial charge in [0.1, 0.15) is 17.8 Å². The van der Waals surface area contributed by atoms with E-state index in [1.54, 1.807) is 45.0 Å². The molecule has 0 radical (unpaired) electrons. The first-order chi connectivity index (χ1) is 27.2. The van der Waals surface area contributed by atoms with Gasteiger partial charge in [-0.25, -0.2) is 4.79 Å². The van der Waals surface area contributed by atoms with Crippen molar-refractivity contribution in [3.05, 3.63) is 60.3 Å². The minimum Gasteiger partial charge on any atom is -0.397 e. The highest BCUT2D eigenvalue weighted by Crippen LogP contribution is 2.34. The van der Waals surface area contributed by atoms with Crippen LogP contribution in [0.15, 0.2) is 54.8 Å². The predicted molar refractivity (Wildman–Crippen MR) is 230 cm³/mol. The summed E-state index contributed by atoms with van der Waals surface area (Å²) >= 11 is 0. The molecule has 2 aliphatic carbocycles. The van der Waals surface area contributed by atoms with Crippen LogP contribution in [0.2, 0.25) is 0 Å². The van der Waals surface area contributed by atoms with Gasteiger partial charge in [-0.1, -0.05) is 103 Å². The van der Waals surface area contributed by atoms with Gasteiger partial charge in [0, 0.05) is 38.6 Å². The number of benzene rings is 1. The molecule has 1 aromatic rings. The van der Waals surface area contributed by atoms with Crippen LogP contribution in [0.4, 0.5) is 4.79 Å². The molecule has 14 heteroatoms. The van der Waals surface area contributed by atoms with Crippen LogP contribution in [-0.2, 0) is 23.9 Å². The van der Waals surface area contributed by atoms with Gasteiger partial charge in [0.05, 0.1) is 18.6 Å². The summed E-state index contributed by atoms with van der Waals surface area (Å²) in [7, 11) is 3.01. The van der Waals surface area contributed by atoms with Gasteiger partial charge in [-0.3, -0.25) is 19.2 Å². The topological polar surface area (TPSA) is 190 Å². The third-order valence-electron chi connectivity index (χ3n) is 10.8. The lowest BCUT2D eigenvalue weighted by atomic mass is 9.79. The maximum Gasteiger partial charge on any atom is 0.317 e. The van der Waals surface area contributed by atoms with Crippen molar-refractivity contribution in [2.45, 2.75) is 143 Å². The molecule has 328 valence electrons. The van der Waals surface area contributed by atoms with E-state index in [-0.39, 0.29) is 49.9 Å². The molecule has 0 bridgehead atoms. The number of likely N-dealkylation sites (tertiary alicyclic amines) is 1. The zero-order valence-corrected chi connectivity index (χ0v) is 35.5. The average Bonchev–Trinajstić information content (AvgIpc) is 3.70. The zero-order chi connectivity index (χ0) is 42.5. The molecule has 1 heterocycles. The van der Waals surface area contributed by atoms with Gasteiger partial charge in [0.15, 0.2) is 0 Å². The van der Waals surface area contributed by atoms with E-state index >= 15 is 0 Å². The van der Waals surface area contributed by atoms with Gasteiger partial charge in [0.25, 0.3) is 0 Å². The average molecular weight is 814 g/mol. The number of aliphatic hydroxyl groups is 1. The van der Waals surface area contributed by atoms with E-state index in [1.165, 1.54) is 14.2 Å². The highest BCUT2D eigenvalue weighted by atomic mass is 16.5. The number of methoxy groups -OCH3 is 1. The van der Waals surface area contributed by atoms with E-state index in [0.29, 0.717) is 36.6 Å². The molecule has 1 aromatic carbocycles. The molecule has 1 aliphatic heterocycles. The molecule has 4 unspecified atom stereocenters. The first-order valence-electron chi connectivity index (χ1n) is 20.8. The molecule has 1 saturated heterocycles. The second kappa shape index (κ2) is 26.5. The summed E-state index contributed by atoms with van der Waals surface area (Å²) in [6.45, 7) is 18.1. The van der Waals surface area contributed by atoms with Crippen molar-refractivity contribution in [3.8, 4) is 0 Å². The van der Waals surface area contributed by atoms with E-state index in [4.69, 9.17) is 9.84 Å². The smallest absolute Gasteiger partial charge is 0.317 e. The van der Waals surface area contributed by atoms with E-state index in [2.05, 4.69) is 45.1 Å². The van der Waals surface area contributed by atoms with Gasteiger partial charge in [-0.15, -0.1) is 0 Å². The highest BCUT2D eigenvalue weighted by molar-refractivity contribution is 5.97. The number of amides is 6. The fourth-order valence-electron chi connectivity index (χ4n) is 7.33. The number of nitrogens with zero attached hydrogens (tertiary/aromatic N) is 1. The summed E-state index contributed by atoms with van der Waals surface area (Å²) in [6.07, 6.45) is 10.2. The zero-order valence-electron chi connectivity index (χ0n) is 35.5. The number of likely N-dealkylation sites (N-methyl/N-ethyl adjacent to an activating group) is 1. The van der Waals surface area contributed by atoms with E-state index in [9.17, 15) is 24.0 Å². The van der Waals surface area contributed by atoms with Crippen molar-refractivity contribution in [2.24, 2.45) is 11.8 Å². The lowest BCUT2D eigenvalue weighted by molar-refractivity contribution is -0.135. The van der Waals surface area contributed by atoms with Crippen molar-refractivity contribution in [3.63, 3.8) is 0 Å². The minimum absolute atomic E-state index is 0. The normalized spacial score (nSPS) is 18.0. The van der Waals surface area contributed by atoms with Gasteiger partial charge < -0.3 is 46.6 Å². The van der Waals surface area contributed by atoms with Crippen molar-refractivity contribution in [1.29, 1.82) is 0 Å². The number of carbonyl (C=O) groups is 5. The second-order valence-electron chi connectivity index (χ2n) is 15.2. The van der Waals surface area contributed by atoms with Crippen LogP contribution >= 0.6 is 0 Å². The van der Waals surface area contributed by atoms with Crippen LogP contribution in [0.5, 0.6) is 0 Å². The largest absolute Gasteiger partial charge is 0.397 e. The molecule has 4 atom stereocenters. The second-order valence-corrected chi connectivity index (χ2v) is 15.2. The lowest BCUT2D eigenvalue weighted by Gasteiger charge is -2.37. The number of nitrogens with one attached hydrogen (secondary N) is 6. The quantitative estimate of drug-likeness (QED) is 0.0825. The SMILES string of the molecule is C.C=C(C(=O)NCC(=O)NC(C(=O)NC)c1ccccc1)C(CC1CCC1)NC(=C)C1CCCN1C(=O)C(NC(=O)NC(C)(C)OC)C1CCCCC1.CC.CCO. The van der Waals surface area contributed by atoms with Gasteiger partial charge >= 0.3 is 6.03 Å². The Morgan fingerprint density at radius 1 is 0.914 bits per heavy atom. The molecule has 3 fully saturated rings. The molecule has 3 aliphatic rings. The third-order valence-corrected chi connectivity index (χ3v) is 10.8. The number of rotatable bonds is 17. The van der Waals surface area contributed by atoms with Crippen LogP contribution in [0.3, 0.4) is 0 Å². The number of carbonyl (C=O) groups excluding carboxylic acids is 5. The summed E-state index contributed by atoms with van der Waals surface area (Å²) in [4.78, 5) is 68.1. The number of aliphatic hydroxyl groups excluding tert-OH is 1. The van der Waals surface area contributed by atoms with Crippen LogP contribution in [0.25, 0.3) is 0 Å². The number of hydrogen-bond donors (Lipinski definition) is 7. The predicted octanol–water partition coefficient (Wildman–Crippen LogP) is 5.21. The molecular formula is C44H75N7O7. The highest BCUT2D eigenvalue weighted by Gasteiger charge is 2.40. The molecule has 0 aromatic heterocycles. The van der Waals surface area contributed by atoms with E-state index in [0.717, 1.165) is 57.8 Å². The first kappa shape index (κ1) is 51.6. The van der Waals surface area contributed by atoms with Crippen LogP contribution in [0.1, 0.15) is 124 Å². The van der Waals surface area contributed by atoms with Gasteiger partial charge in [-0.05, 0) is 70.3 Å². The molecule has 7 N–H and O–H groups in total. The number of hydrogen-bond acceptors (Lipinski definition) is 8. The Morgan fingerprint density at radius 3 is 2.09 bits per heavy atom. The Hall–Kier alpha value is -4.43. The molecular weight excluding hydrogens is 739 g/mol. The number of urea groups is 1. The Morgan fingerprint density at radius 2 is 1.53 bits per heavy atom. The third kappa shape index (κ3) is 16.1. The summed E-state index contributed by atoms with van der Waals surface area (Å²) in [5.74, 6) is -1.09. The summed E-state index contributed by atoms with van der Waals surface area (Å²) in [5.41, 5.74) is 0.600. The van der Waals surface area contributed by atoms with Crippen LogP contribution in [-0.4, -0.2) is 97.4 Å². The van der Waals surface area contributed by atoms with Crippen molar-refractivity contribution < 1.29 is 33.8 Å². The Kier molecular flexibility index (Phi) is 23.6. The first-order valence-corrected chi connectivity index (χ1v) is 20.8. The van der Waals surface area contributed by atoms with Crippen molar-refractivity contribution in [2.75, 3.05) is 33.9 Å². The van der Waals surface area contributed by atoms with Gasteiger partial charge in [-0.2, -0.15) is 0 Å². The lowest BCUT2D eigenvalue weighted by Crippen LogP contribution is -2.59. The van der Waals surface area contributed by atoms with Gasteiger partial charge in [0.2, 0.25) is 23.6 Å². The molecule has 58 heavy (non-hydrogen) atoms. The Bertz CT molecular complexity index is 1460. The summed E-state index contributed by atoms with van der Waals surface area (Å²) in [6, 6.07) is 6.03. The molecule has 14 nitrogen and oxygen atoms in total. The van der Waals surface area contributed by atoms with Crippen molar-refractivity contribution >= 4 is 29.7 Å². The van der Waals surface area contributed by atoms with E-state index in [1.807, 2.05) is 24.8 Å². The number of ether oxygens (including phenoxy) is 1. The molecule has 2 saturated carbocycles. The van der Waals surface area contributed by atoms with Crippen molar-refractivity contribution in [1.82, 2.24) is 36.8 Å². The van der Waals surface area contributed by atoms with Crippen LogP contribution in [0, 0.1) is 11.8 Å². The standard InChI is InChI=1S/C39H59N7O6.C2H6O.C2H6.CH4/c1-25(35(48)41-24-32(47)43-33(36(49)40-5)28-17-9-7-10-18-28)30(23-27-15-13-16-27)42-26(2)31-21-14-22-46(31)37(50)34(29-19-11-8-12-20-29)44-38(51)45-39(3,4)52-6;1-2-3;1-2;/h7,9-10,17-18,27,29-31,33-34,42H,1-2,8,11-16,19-24H2,3-6H3,(H,40,49)(H,41,48)(H,43,47)(H2,44,45,51);3H,2H2,1H3;1-2H3;1H4.